The van der Waals surface area contributed by atoms with Crippen LogP contribution in [0.3, 0.4) is 0 Å². The van der Waals surface area contributed by atoms with Crippen molar-refractivity contribution in [1.82, 2.24) is 5.32 Å². The molecule has 14 heteroatoms. The minimum absolute atomic E-state index is 0.200. The van der Waals surface area contributed by atoms with Crippen molar-refractivity contribution in [3.05, 3.63) is 111 Å². The van der Waals surface area contributed by atoms with Crippen LogP contribution >= 0.6 is 23.1 Å². The first-order valence-corrected chi connectivity index (χ1v) is 24.2. The summed E-state index contributed by atoms with van der Waals surface area (Å²) in [6, 6.07) is 22.7. The van der Waals surface area contributed by atoms with E-state index >= 15 is 0 Å². The normalized spacial score (nSPS) is 18.3. The molecule has 0 bridgehead atoms. The van der Waals surface area contributed by atoms with Gasteiger partial charge in [-0.3, -0.25) is 4.55 Å². The molecule has 57 heavy (non-hydrogen) atoms. The number of nitrogens with one attached hydrogen (secondary N) is 1. The minimum Gasteiger partial charge on any atom is -0.748 e. The number of aromatic nitrogens is 1. The zero-order valence-electron chi connectivity index (χ0n) is 33.6. The van der Waals surface area contributed by atoms with Gasteiger partial charge in [-0.25, -0.2) is 8.42 Å². The summed E-state index contributed by atoms with van der Waals surface area (Å²) in [7, 11) is -8.59. The van der Waals surface area contributed by atoms with Gasteiger partial charge >= 0.3 is 0 Å². The van der Waals surface area contributed by atoms with Gasteiger partial charge in [0.25, 0.3) is 15.1 Å². The van der Waals surface area contributed by atoms with Crippen LogP contribution in [-0.2, 0) is 26.8 Å². The van der Waals surface area contributed by atoms with Crippen molar-refractivity contribution in [3.8, 4) is 5.75 Å². The first-order valence-electron chi connectivity index (χ1n) is 19.6. The molecule has 308 valence electrons. The van der Waals surface area contributed by atoms with E-state index in [1.54, 1.807) is 23.1 Å². The molecule has 1 aromatic heterocycles. The van der Waals surface area contributed by atoms with Gasteiger partial charge in [0.1, 0.15) is 10.4 Å². The van der Waals surface area contributed by atoms with E-state index in [9.17, 15) is 25.9 Å². The topological polar surface area (TPSA) is 140 Å². The lowest BCUT2D eigenvalue weighted by Crippen LogP contribution is -2.37. The predicted molar refractivity (Wildman–Crippen MR) is 234 cm³/mol. The lowest BCUT2D eigenvalue weighted by molar-refractivity contribution is -0.669. The molecule has 0 radical (unpaired) electrons. The molecule has 0 saturated heterocycles. The van der Waals surface area contributed by atoms with Crippen LogP contribution in [0.1, 0.15) is 82.4 Å². The van der Waals surface area contributed by atoms with E-state index in [1.165, 1.54) is 19.4 Å². The van der Waals surface area contributed by atoms with Gasteiger partial charge in [0.2, 0.25) is 5.52 Å². The molecule has 2 N–H and O–H groups in total. The number of allylic oxidation sites excluding steroid dienone is 4. The number of nitrogens with zero attached hydrogens (tertiary/aromatic N) is 2. The Balaban J connectivity index is 0.00000117. The molecule has 3 aromatic carbocycles. The van der Waals surface area contributed by atoms with E-state index < -0.39 is 30.7 Å². The lowest BCUT2D eigenvalue weighted by atomic mass is 9.81. The van der Waals surface area contributed by atoms with Crippen LogP contribution in [0.2, 0.25) is 0 Å². The number of benzene rings is 3. The molecular formula is C43H55N3O7S4. The van der Waals surface area contributed by atoms with E-state index in [0.29, 0.717) is 19.7 Å². The summed E-state index contributed by atoms with van der Waals surface area (Å²) >= 11 is 3.27. The average Bonchev–Trinajstić information content (AvgIpc) is 3.68. The molecule has 0 saturated carbocycles. The van der Waals surface area contributed by atoms with Crippen LogP contribution in [0.4, 0.5) is 5.69 Å². The Kier molecular flexibility index (Phi) is 15.6. The van der Waals surface area contributed by atoms with Gasteiger partial charge in [0.05, 0.1) is 38.8 Å². The second-order valence-corrected chi connectivity index (χ2v) is 20.2. The zero-order valence-corrected chi connectivity index (χ0v) is 36.9. The van der Waals surface area contributed by atoms with Crippen molar-refractivity contribution in [2.75, 3.05) is 31.1 Å². The van der Waals surface area contributed by atoms with Gasteiger partial charge in [-0.15, -0.1) is 0 Å². The Morgan fingerprint density at radius 2 is 1.70 bits per heavy atom. The quantitative estimate of drug-likeness (QED) is 0.0881. The summed E-state index contributed by atoms with van der Waals surface area (Å²) in [5.41, 5.74) is 6.52. The number of ether oxygens (including phenoxy) is 1. The molecule has 6 rings (SSSR count). The van der Waals surface area contributed by atoms with Crippen LogP contribution in [0, 0.1) is 6.92 Å². The number of anilines is 1. The highest BCUT2D eigenvalue weighted by Crippen LogP contribution is 2.48. The third-order valence-electron chi connectivity index (χ3n) is 10.1. The van der Waals surface area contributed by atoms with Crippen LogP contribution < -0.4 is 19.5 Å². The molecule has 1 aliphatic heterocycles. The van der Waals surface area contributed by atoms with E-state index in [1.807, 2.05) is 38.1 Å². The number of rotatable bonds is 15. The van der Waals surface area contributed by atoms with Gasteiger partial charge in [-0.2, -0.15) is 13.0 Å². The van der Waals surface area contributed by atoms with E-state index in [-0.39, 0.29) is 18.8 Å². The molecule has 4 aromatic rings. The SMILES string of the molecule is CCNCC.CCOc1ccc2sc(C=C3C=C(C=C4Sc5ccc(C)cc5N4CCC(C)S(=O)(=O)[O-])CC(c4ccccc4)C3)[n+](CCC(C)S(=O)(=O)O)c2c1. The highest BCUT2D eigenvalue weighted by Gasteiger charge is 2.29. The molecule has 10 nitrogen and oxygen atoms in total. The third-order valence-corrected chi connectivity index (χ3v) is 14.8. The maximum absolute atomic E-state index is 11.9. The average molecular weight is 854 g/mol. The van der Waals surface area contributed by atoms with Crippen molar-refractivity contribution in [3.63, 3.8) is 0 Å². The van der Waals surface area contributed by atoms with Gasteiger partial charge in [-0.1, -0.05) is 79.4 Å². The number of hydrogen-bond acceptors (Lipinski definition) is 10. The Morgan fingerprint density at radius 3 is 2.35 bits per heavy atom. The second kappa shape index (κ2) is 20.0. The molecule has 0 amide bonds. The largest absolute Gasteiger partial charge is 0.748 e. The number of hydrogen-bond donors (Lipinski definition) is 2. The van der Waals surface area contributed by atoms with Crippen molar-refractivity contribution >= 4 is 65.3 Å². The standard InChI is InChI=1S/C39H44N2O7S4.C4H11N/c1-5-48-33-12-14-37-35(25-33)41(18-16-28(4)52(45,46)47)39(50-37)24-30-20-29(21-32(22-30)31-9-7-6-8-10-31)23-38-40(17-15-27(3)51(42,43)44)34-19-26(2)11-13-36(34)49-38;1-3-5-4-2/h6-14,19-20,23-25,27-28,32H,5,15-18,21-22H2,1-4H3,(H-,42,43,44,45,46,47);5H,3-4H2,1-2H3. The zero-order chi connectivity index (χ0) is 41.3. The van der Waals surface area contributed by atoms with Crippen molar-refractivity contribution < 1.29 is 35.2 Å². The molecule has 3 atom stereocenters. The summed E-state index contributed by atoms with van der Waals surface area (Å²) in [5.74, 6) is 0.933. The minimum atomic E-state index is -4.41. The smallest absolute Gasteiger partial charge is 0.267 e. The Morgan fingerprint density at radius 1 is 0.965 bits per heavy atom. The lowest BCUT2D eigenvalue weighted by Gasteiger charge is -2.26. The molecule has 2 aliphatic rings. The maximum Gasteiger partial charge on any atom is 0.267 e. The van der Waals surface area contributed by atoms with Crippen LogP contribution in [-0.4, -0.2) is 62.7 Å². The summed E-state index contributed by atoms with van der Waals surface area (Å²) in [4.78, 5) is 3.22. The number of thiazole rings is 1. The Bertz CT molecular complexity index is 2320. The van der Waals surface area contributed by atoms with E-state index in [4.69, 9.17) is 4.74 Å². The fraction of sp³-hybridized carbons (Fsp3) is 0.419. The second-order valence-electron chi connectivity index (χ2n) is 14.5. The highest BCUT2D eigenvalue weighted by molar-refractivity contribution is 8.03. The van der Waals surface area contributed by atoms with E-state index in [0.717, 1.165) is 79.2 Å². The number of fused-ring (bicyclic) bond motifs is 2. The van der Waals surface area contributed by atoms with Crippen LogP contribution in [0.5, 0.6) is 5.75 Å². The van der Waals surface area contributed by atoms with Crippen molar-refractivity contribution in [2.24, 2.45) is 0 Å². The van der Waals surface area contributed by atoms with Crippen LogP contribution in [0.15, 0.2) is 100.0 Å². The molecule has 0 spiro atoms. The van der Waals surface area contributed by atoms with Gasteiger partial charge < -0.3 is 19.5 Å². The van der Waals surface area contributed by atoms with E-state index in [2.05, 4.69) is 89.3 Å². The first-order chi connectivity index (χ1) is 27.1. The monoisotopic (exact) mass is 853 g/mol. The molecule has 3 unspecified atom stereocenters. The summed E-state index contributed by atoms with van der Waals surface area (Å²) in [6.07, 6.45) is 8.66. The Labute approximate surface area is 347 Å². The van der Waals surface area contributed by atoms with Gasteiger partial charge in [0, 0.05) is 29.2 Å². The predicted octanol–water partition coefficient (Wildman–Crippen LogP) is 8.84. The van der Waals surface area contributed by atoms with Crippen LogP contribution in [0.25, 0.3) is 16.3 Å². The highest BCUT2D eigenvalue weighted by atomic mass is 32.2. The third kappa shape index (κ3) is 12.0. The Hall–Kier alpha value is -3.50. The summed E-state index contributed by atoms with van der Waals surface area (Å²) < 4.78 is 77.9. The van der Waals surface area contributed by atoms with Gasteiger partial charge in [-0.05, 0) is 119 Å². The molecule has 0 fully saturated rings. The number of thioether (sulfide) groups is 1. The van der Waals surface area contributed by atoms with Gasteiger partial charge in [0.15, 0.2) is 6.54 Å². The molecule has 2 heterocycles. The summed E-state index contributed by atoms with van der Waals surface area (Å²) in [5, 5.41) is 3.13. The maximum atomic E-state index is 11.9. The van der Waals surface area contributed by atoms with Crippen molar-refractivity contribution in [2.45, 2.75) is 95.1 Å². The number of aryl methyl sites for hydroxylation is 2. The molecule has 1 aliphatic carbocycles. The first kappa shape index (κ1) is 44.6. The van der Waals surface area contributed by atoms with Crippen molar-refractivity contribution in [1.29, 1.82) is 0 Å². The summed E-state index contributed by atoms with van der Waals surface area (Å²) in [6.45, 7) is 14.6. The molecular weight excluding hydrogens is 799 g/mol. The fourth-order valence-corrected chi connectivity index (χ4v) is 9.95. The fourth-order valence-electron chi connectivity index (χ4n) is 6.87.